The van der Waals surface area contributed by atoms with Gasteiger partial charge in [-0.25, -0.2) is 0 Å². The van der Waals surface area contributed by atoms with Gasteiger partial charge in [0.25, 0.3) is 0 Å². The van der Waals surface area contributed by atoms with Crippen molar-refractivity contribution in [1.29, 1.82) is 0 Å². The molecule has 0 unspecified atom stereocenters. The molecule has 0 amide bonds. The van der Waals surface area contributed by atoms with Gasteiger partial charge in [-0.15, -0.1) is 0 Å². The van der Waals surface area contributed by atoms with Crippen molar-refractivity contribution in [2.24, 2.45) is 0 Å². The summed E-state index contributed by atoms with van der Waals surface area (Å²) in [5.74, 6) is 0. The van der Waals surface area contributed by atoms with Gasteiger partial charge in [0, 0.05) is 17.6 Å². The van der Waals surface area contributed by atoms with E-state index in [2.05, 4.69) is 135 Å². The molecule has 1 heteroatoms. The molecule has 1 aliphatic carbocycles. The van der Waals surface area contributed by atoms with Crippen LogP contribution in [-0.2, 0) is 5.41 Å². The van der Waals surface area contributed by atoms with Gasteiger partial charge in [0.05, 0.1) is 10.9 Å². The summed E-state index contributed by atoms with van der Waals surface area (Å²) in [7, 11) is 0. The number of hydrogen-bond donors (Lipinski definition) is 0. The fourth-order valence-corrected chi connectivity index (χ4v) is 9.07. The maximum absolute atomic E-state index is 9.73. The van der Waals surface area contributed by atoms with Crippen molar-refractivity contribution in [1.82, 2.24) is 4.90 Å². The van der Waals surface area contributed by atoms with E-state index in [-0.39, 0.29) is 23.4 Å². The highest BCUT2D eigenvalue weighted by molar-refractivity contribution is 6.10. The van der Waals surface area contributed by atoms with Crippen LogP contribution in [0.25, 0.3) is 49.9 Å². The third kappa shape index (κ3) is 7.77. The molecule has 0 N–H and O–H groups in total. The number of fused-ring (bicyclic) bond motifs is 4. The minimum atomic E-state index is -0.768. The third-order valence-electron chi connectivity index (χ3n) is 12.0. The van der Waals surface area contributed by atoms with E-state index in [4.69, 9.17) is 2.74 Å². The van der Waals surface area contributed by atoms with Crippen molar-refractivity contribution in [3.8, 4) is 11.1 Å². The first-order valence-corrected chi connectivity index (χ1v) is 21.4. The summed E-state index contributed by atoms with van der Waals surface area (Å²) >= 11 is 0. The molecule has 0 bridgehead atoms. The van der Waals surface area contributed by atoms with Crippen LogP contribution < -0.4 is 0 Å². The van der Waals surface area contributed by atoms with Gasteiger partial charge in [0.1, 0.15) is 0 Å². The van der Waals surface area contributed by atoms with E-state index in [1.165, 1.54) is 5.39 Å². The number of hydrogen-bond acceptors (Lipinski definition) is 1. The van der Waals surface area contributed by atoms with Crippen molar-refractivity contribution in [2.45, 2.75) is 5.41 Å². The zero-order valence-electron chi connectivity index (χ0n) is 39.5. The molecule has 0 saturated heterocycles. The molecule has 0 aromatic heterocycles. The number of nitrogens with zero attached hydrogens (tertiary/aromatic N) is 1. The molecule has 9 rings (SSSR count). The highest BCUT2D eigenvalue weighted by Gasteiger charge is 2.46. The molecule has 0 radical (unpaired) electrons. The van der Waals surface area contributed by atoms with E-state index in [0.717, 1.165) is 79.4 Å². The molecule has 0 spiro atoms. The van der Waals surface area contributed by atoms with Gasteiger partial charge < -0.3 is 4.90 Å². The molecule has 8 aromatic carbocycles. The Bertz CT molecular complexity index is 3370. The van der Waals surface area contributed by atoms with Crippen LogP contribution in [-0.4, -0.2) is 4.90 Å². The van der Waals surface area contributed by atoms with Gasteiger partial charge in [-0.1, -0.05) is 233 Å². The highest BCUT2D eigenvalue weighted by atomic mass is 15.1. The monoisotopic (exact) mass is 823 g/mol. The summed E-state index contributed by atoms with van der Waals surface area (Å²) in [4.78, 5) is 1.75. The van der Waals surface area contributed by atoms with Gasteiger partial charge in [0.2, 0.25) is 0 Å². The summed E-state index contributed by atoms with van der Waals surface area (Å²) in [5, 5.41) is 4.59. The predicted molar refractivity (Wildman–Crippen MR) is 275 cm³/mol. The number of benzene rings is 8. The first-order valence-electron chi connectivity index (χ1n) is 23.6. The molecule has 8 aromatic rings. The maximum atomic E-state index is 9.73. The van der Waals surface area contributed by atoms with Crippen LogP contribution in [0.5, 0.6) is 0 Å². The van der Waals surface area contributed by atoms with E-state index >= 15 is 0 Å². The molecule has 64 heavy (non-hydrogen) atoms. The maximum Gasteiger partial charge on any atom is 0.0714 e. The lowest BCUT2D eigenvalue weighted by molar-refractivity contribution is 0.613. The fourth-order valence-electron chi connectivity index (χ4n) is 9.07. The molecular weight excluding hydrogens is 771 g/mol. The Morgan fingerprint density at radius 2 is 1.22 bits per heavy atom. The zero-order valence-corrected chi connectivity index (χ0v) is 35.5. The van der Waals surface area contributed by atoms with E-state index < -0.39 is 5.41 Å². The first-order chi connectivity index (χ1) is 33.4. The second-order valence-electron chi connectivity index (χ2n) is 15.6. The SMILES string of the molecule is [2H]C=C(/C([2H])=C(/[2H])C(=C[2H])N(/C=C/C1=C(C=C)c2ccccc2C1(c1ccccc1)c1ccccc1)/C(C=C)=C/C=C/c1cc2ccccc2c2ccccc12)c1cccc(-c2ccccc2)c1. The van der Waals surface area contributed by atoms with E-state index in [9.17, 15) is 2.74 Å². The Morgan fingerprint density at radius 3 is 1.92 bits per heavy atom. The van der Waals surface area contributed by atoms with Gasteiger partial charge in [-0.3, -0.25) is 0 Å². The minimum absolute atomic E-state index is 0.113. The Hall–Kier alpha value is -8.26. The standard InChI is InChI=1S/C63H49N/c1-5-55(34-23-29-52-45-51-26-16-17-35-57(51)59-37-19-18-36-58(52)59)64(47(4)41-40-46(3)49-27-22-28-50(44-49)48-24-10-7-11-25-48)43-42-62-56(6-2)60-38-20-21-39-61(60)63(62,53-30-12-8-13-31-53)54-32-14-9-15-33-54/h5-45H,1-4H2/b29-23+,41-40-,43-42+,55-34+/i3D,4D,40D,41D/b29-23+,41-40-,43-42+,46-3?,47-4?,55-34+. The van der Waals surface area contributed by atoms with Crippen LogP contribution in [0, 0.1) is 0 Å². The summed E-state index contributed by atoms with van der Waals surface area (Å²) in [6, 6.07) is 65.5. The summed E-state index contributed by atoms with van der Waals surface area (Å²) in [6.45, 7) is 10.8. The van der Waals surface area contributed by atoms with Crippen LogP contribution in [0.2, 0.25) is 0 Å². The van der Waals surface area contributed by atoms with Crippen molar-refractivity contribution in [3.63, 3.8) is 0 Å². The van der Waals surface area contributed by atoms with Crippen LogP contribution in [0.15, 0.2) is 286 Å². The lowest BCUT2D eigenvalue weighted by atomic mass is 9.67. The van der Waals surface area contributed by atoms with Crippen molar-refractivity contribution >= 4 is 38.8 Å². The van der Waals surface area contributed by atoms with Crippen LogP contribution in [0.1, 0.15) is 38.9 Å². The molecular formula is C63H49N. The first kappa shape index (κ1) is 36.4. The average molecular weight is 824 g/mol. The Morgan fingerprint density at radius 1 is 0.578 bits per heavy atom. The van der Waals surface area contributed by atoms with Crippen LogP contribution in [0.4, 0.5) is 0 Å². The molecule has 306 valence electrons. The Balaban J connectivity index is 1.23. The smallest absolute Gasteiger partial charge is 0.0714 e. The van der Waals surface area contributed by atoms with E-state index in [1.54, 1.807) is 11.0 Å². The summed E-state index contributed by atoms with van der Waals surface area (Å²) in [5.41, 5.74) is 9.94. The van der Waals surface area contributed by atoms with Gasteiger partial charge in [-0.2, -0.15) is 0 Å². The minimum Gasteiger partial charge on any atom is -0.318 e. The van der Waals surface area contributed by atoms with Gasteiger partial charge >= 0.3 is 0 Å². The van der Waals surface area contributed by atoms with Gasteiger partial charge in [-0.05, 0) is 119 Å². The number of rotatable bonds is 14. The second-order valence-corrected chi connectivity index (χ2v) is 15.6. The molecule has 0 aliphatic heterocycles. The molecule has 0 heterocycles. The fraction of sp³-hybridized carbons (Fsp3) is 0.0159. The third-order valence-corrected chi connectivity index (χ3v) is 12.0. The topological polar surface area (TPSA) is 3.24 Å². The molecule has 1 aliphatic rings. The summed E-state index contributed by atoms with van der Waals surface area (Å²) < 4.78 is 36.8. The molecule has 0 saturated carbocycles. The molecule has 0 fully saturated rings. The average Bonchev–Trinajstić information content (AvgIpc) is 3.69. The largest absolute Gasteiger partial charge is 0.318 e. The van der Waals surface area contributed by atoms with Crippen LogP contribution in [0.3, 0.4) is 0 Å². The Labute approximate surface area is 383 Å². The Kier molecular flexibility index (Phi) is 10.5. The quantitative estimate of drug-likeness (QED) is 0.0780. The second kappa shape index (κ2) is 18.4. The van der Waals surface area contributed by atoms with Crippen LogP contribution >= 0.6 is 0 Å². The molecule has 1 nitrogen and oxygen atoms in total. The van der Waals surface area contributed by atoms with Crippen molar-refractivity contribution < 1.29 is 5.48 Å². The molecule has 0 atom stereocenters. The van der Waals surface area contributed by atoms with Crippen molar-refractivity contribution in [3.05, 3.63) is 319 Å². The number of allylic oxidation sites excluding steroid dienone is 10. The normalized spacial score (nSPS) is 15.4. The summed E-state index contributed by atoms with van der Waals surface area (Å²) in [6.07, 6.45) is 13.5. The zero-order chi connectivity index (χ0) is 47.0. The predicted octanol–water partition coefficient (Wildman–Crippen LogP) is 16.3. The lowest BCUT2D eigenvalue weighted by Gasteiger charge is -2.35. The van der Waals surface area contributed by atoms with Crippen molar-refractivity contribution in [2.75, 3.05) is 0 Å². The lowest BCUT2D eigenvalue weighted by Crippen LogP contribution is -2.29. The van der Waals surface area contributed by atoms with Gasteiger partial charge in [0.15, 0.2) is 0 Å². The van der Waals surface area contributed by atoms with E-state index in [0.29, 0.717) is 11.3 Å². The highest BCUT2D eigenvalue weighted by Crippen LogP contribution is 2.55. The van der Waals surface area contributed by atoms with E-state index in [1.807, 2.05) is 109 Å².